The van der Waals surface area contributed by atoms with Gasteiger partial charge in [-0.3, -0.25) is 4.79 Å². The molecule has 1 saturated heterocycles. The molecule has 0 bridgehead atoms. The van der Waals surface area contributed by atoms with Gasteiger partial charge >= 0.3 is 0 Å². The Balaban J connectivity index is 2.14. The van der Waals surface area contributed by atoms with E-state index in [2.05, 4.69) is 0 Å². The predicted octanol–water partition coefficient (Wildman–Crippen LogP) is 1.71. The first-order chi connectivity index (χ1) is 9.24. The SMILES string of the molecule is CCCC(N)C(=O)N1CCOCC1c1ccccc1. The highest BCUT2D eigenvalue weighted by molar-refractivity contribution is 5.82. The minimum Gasteiger partial charge on any atom is -0.377 e. The molecule has 1 aliphatic heterocycles. The van der Waals surface area contributed by atoms with Crippen LogP contribution in [-0.4, -0.2) is 36.6 Å². The minimum absolute atomic E-state index is 0.00893. The number of morpholine rings is 1. The van der Waals surface area contributed by atoms with Crippen LogP contribution >= 0.6 is 0 Å². The van der Waals surface area contributed by atoms with Crippen LogP contribution in [0.1, 0.15) is 31.4 Å². The highest BCUT2D eigenvalue weighted by atomic mass is 16.5. The van der Waals surface area contributed by atoms with Crippen LogP contribution in [0.5, 0.6) is 0 Å². The zero-order valence-electron chi connectivity index (χ0n) is 11.4. The van der Waals surface area contributed by atoms with E-state index in [1.54, 1.807) is 0 Å². The van der Waals surface area contributed by atoms with Crippen LogP contribution in [0.15, 0.2) is 30.3 Å². The third-order valence-electron chi connectivity index (χ3n) is 3.51. The Labute approximate surface area is 114 Å². The molecular weight excluding hydrogens is 240 g/mol. The van der Waals surface area contributed by atoms with Crippen LogP contribution in [0.25, 0.3) is 0 Å². The molecule has 1 fully saturated rings. The summed E-state index contributed by atoms with van der Waals surface area (Å²) in [6.45, 7) is 3.81. The molecule has 104 valence electrons. The largest absolute Gasteiger partial charge is 0.377 e. The fraction of sp³-hybridized carbons (Fsp3) is 0.533. The lowest BCUT2D eigenvalue weighted by atomic mass is 10.0. The number of nitrogens with zero attached hydrogens (tertiary/aromatic N) is 1. The second-order valence-electron chi connectivity index (χ2n) is 4.93. The van der Waals surface area contributed by atoms with Gasteiger partial charge in [-0.1, -0.05) is 43.7 Å². The highest BCUT2D eigenvalue weighted by Crippen LogP contribution is 2.24. The van der Waals surface area contributed by atoms with Crippen LogP contribution in [-0.2, 0) is 9.53 Å². The van der Waals surface area contributed by atoms with Crippen molar-refractivity contribution >= 4 is 5.91 Å². The number of benzene rings is 1. The maximum Gasteiger partial charge on any atom is 0.240 e. The lowest BCUT2D eigenvalue weighted by molar-refractivity contribution is -0.141. The zero-order chi connectivity index (χ0) is 13.7. The number of ether oxygens (including phenoxy) is 1. The molecule has 0 spiro atoms. The van der Waals surface area contributed by atoms with Gasteiger partial charge in [-0.15, -0.1) is 0 Å². The average molecular weight is 262 g/mol. The van der Waals surface area contributed by atoms with E-state index in [0.29, 0.717) is 19.8 Å². The maximum atomic E-state index is 12.4. The van der Waals surface area contributed by atoms with Gasteiger partial charge in [0.05, 0.1) is 25.3 Å². The van der Waals surface area contributed by atoms with E-state index in [1.165, 1.54) is 0 Å². The molecule has 19 heavy (non-hydrogen) atoms. The second-order valence-corrected chi connectivity index (χ2v) is 4.93. The van der Waals surface area contributed by atoms with Crippen molar-refractivity contribution in [3.63, 3.8) is 0 Å². The number of rotatable bonds is 4. The van der Waals surface area contributed by atoms with Crippen LogP contribution in [0.3, 0.4) is 0 Å². The van der Waals surface area contributed by atoms with Crippen LogP contribution < -0.4 is 5.73 Å². The lowest BCUT2D eigenvalue weighted by Gasteiger charge is -2.37. The van der Waals surface area contributed by atoms with Gasteiger partial charge in [0.15, 0.2) is 0 Å². The summed E-state index contributed by atoms with van der Waals surface area (Å²) in [5.74, 6) is 0.0407. The minimum atomic E-state index is -0.394. The molecule has 1 aromatic carbocycles. The van der Waals surface area contributed by atoms with Crippen LogP contribution in [0, 0.1) is 0 Å². The van der Waals surface area contributed by atoms with Crippen molar-refractivity contribution in [3.05, 3.63) is 35.9 Å². The van der Waals surface area contributed by atoms with Gasteiger partial charge in [-0.2, -0.15) is 0 Å². The van der Waals surface area contributed by atoms with Gasteiger partial charge in [0.1, 0.15) is 0 Å². The average Bonchev–Trinajstić information content (AvgIpc) is 2.47. The Morgan fingerprint density at radius 3 is 2.89 bits per heavy atom. The quantitative estimate of drug-likeness (QED) is 0.898. The predicted molar refractivity (Wildman–Crippen MR) is 74.6 cm³/mol. The molecule has 0 aromatic heterocycles. The number of carbonyl (C=O) groups excluding carboxylic acids is 1. The van der Waals surface area contributed by atoms with Crippen molar-refractivity contribution in [2.24, 2.45) is 5.73 Å². The standard InChI is InChI=1S/C15H22N2O2/c1-2-6-13(16)15(18)17-9-10-19-11-14(17)12-7-4-3-5-8-12/h3-5,7-8,13-14H,2,6,9-11,16H2,1H3. The fourth-order valence-corrected chi connectivity index (χ4v) is 2.47. The summed E-state index contributed by atoms with van der Waals surface area (Å²) in [5.41, 5.74) is 7.08. The van der Waals surface area contributed by atoms with Gasteiger partial charge in [-0.25, -0.2) is 0 Å². The molecule has 0 aliphatic carbocycles. The normalized spacial score (nSPS) is 21.2. The molecule has 4 heteroatoms. The maximum absolute atomic E-state index is 12.4. The lowest BCUT2D eigenvalue weighted by Crippen LogP contribution is -2.50. The topological polar surface area (TPSA) is 55.6 Å². The molecule has 1 aromatic rings. The molecule has 2 unspecified atom stereocenters. The number of hydrogen-bond donors (Lipinski definition) is 1. The van der Waals surface area contributed by atoms with Crippen LogP contribution in [0.2, 0.25) is 0 Å². The molecule has 2 N–H and O–H groups in total. The number of nitrogens with two attached hydrogens (primary N) is 1. The first-order valence-corrected chi connectivity index (χ1v) is 6.92. The van der Waals surface area contributed by atoms with E-state index in [1.807, 2.05) is 42.2 Å². The number of carbonyl (C=O) groups is 1. The summed E-state index contributed by atoms with van der Waals surface area (Å²) in [6, 6.07) is 9.61. The third-order valence-corrected chi connectivity index (χ3v) is 3.51. The molecule has 1 amide bonds. The summed E-state index contributed by atoms with van der Waals surface area (Å²) in [6.07, 6.45) is 1.66. The summed E-state index contributed by atoms with van der Waals surface area (Å²) >= 11 is 0. The number of amides is 1. The summed E-state index contributed by atoms with van der Waals surface area (Å²) in [7, 11) is 0. The van der Waals surface area contributed by atoms with E-state index < -0.39 is 6.04 Å². The zero-order valence-corrected chi connectivity index (χ0v) is 11.4. The first kappa shape index (κ1) is 14.0. The van der Waals surface area contributed by atoms with E-state index in [0.717, 1.165) is 18.4 Å². The molecule has 1 aliphatic rings. The van der Waals surface area contributed by atoms with E-state index in [-0.39, 0.29) is 11.9 Å². The van der Waals surface area contributed by atoms with E-state index in [4.69, 9.17) is 10.5 Å². The van der Waals surface area contributed by atoms with Crippen molar-refractivity contribution in [3.8, 4) is 0 Å². The van der Waals surface area contributed by atoms with Crippen molar-refractivity contribution in [2.75, 3.05) is 19.8 Å². The smallest absolute Gasteiger partial charge is 0.240 e. The van der Waals surface area contributed by atoms with E-state index >= 15 is 0 Å². The van der Waals surface area contributed by atoms with Crippen LogP contribution in [0.4, 0.5) is 0 Å². The molecule has 1 heterocycles. The van der Waals surface area contributed by atoms with Gasteiger partial charge in [0, 0.05) is 6.54 Å². The second kappa shape index (κ2) is 6.68. The highest BCUT2D eigenvalue weighted by Gasteiger charge is 2.30. The molecule has 0 saturated carbocycles. The Morgan fingerprint density at radius 2 is 2.21 bits per heavy atom. The Kier molecular flexibility index (Phi) is 4.93. The third kappa shape index (κ3) is 3.33. The first-order valence-electron chi connectivity index (χ1n) is 6.92. The van der Waals surface area contributed by atoms with Gasteiger partial charge in [0.2, 0.25) is 5.91 Å². The fourth-order valence-electron chi connectivity index (χ4n) is 2.47. The Hall–Kier alpha value is -1.39. The molecule has 0 radical (unpaired) electrons. The Morgan fingerprint density at radius 1 is 1.47 bits per heavy atom. The van der Waals surface area contributed by atoms with Crippen molar-refractivity contribution in [1.29, 1.82) is 0 Å². The molecule has 2 atom stereocenters. The van der Waals surface area contributed by atoms with Crippen molar-refractivity contribution in [1.82, 2.24) is 4.90 Å². The Bertz CT molecular complexity index is 408. The monoisotopic (exact) mass is 262 g/mol. The summed E-state index contributed by atoms with van der Waals surface area (Å²) in [5, 5.41) is 0. The summed E-state index contributed by atoms with van der Waals surface area (Å²) < 4.78 is 5.52. The van der Waals surface area contributed by atoms with Crippen molar-refractivity contribution < 1.29 is 9.53 Å². The van der Waals surface area contributed by atoms with Gasteiger partial charge < -0.3 is 15.4 Å². The number of hydrogen-bond acceptors (Lipinski definition) is 3. The van der Waals surface area contributed by atoms with Gasteiger partial charge in [0.25, 0.3) is 0 Å². The van der Waals surface area contributed by atoms with Gasteiger partial charge in [-0.05, 0) is 12.0 Å². The molecule has 2 rings (SSSR count). The molecule has 4 nitrogen and oxygen atoms in total. The molecular formula is C15H22N2O2. The van der Waals surface area contributed by atoms with Crippen molar-refractivity contribution in [2.45, 2.75) is 31.8 Å². The summed E-state index contributed by atoms with van der Waals surface area (Å²) in [4.78, 5) is 14.3. The van der Waals surface area contributed by atoms with E-state index in [9.17, 15) is 4.79 Å².